The fraction of sp³-hybridized carbons (Fsp3) is 0.105. The Morgan fingerprint density at radius 2 is 1.58 bits per heavy atom. The fourth-order valence-electron chi connectivity index (χ4n) is 2.88. The molecule has 0 radical (unpaired) electrons. The molecule has 24 heavy (non-hydrogen) atoms. The zero-order valence-corrected chi connectivity index (χ0v) is 15.0. The molecule has 0 N–H and O–H groups in total. The maximum atomic E-state index is 6.04. The SMILES string of the molecule is Clc1ccc(C2CC(c3cccs3)=NN2c2ccc(Cl)cc2)cc1. The van der Waals surface area contributed by atoms with E-state index in [-0.39, 0.29) is 6.04 Å². The van der Waals surface area contributed by atoms with Crippen molar-refractivity contribution in [3.05, 3.63) is 86.5 Å². The minimum absolute atomic E-state index is 0.153. The van der Waals surface area contributed by atoms with Crippen LogP contribution in [0.2, 0.25) is 10.0 Å². The van der Waals surface area contributed by atoms with E-state index in [2.05, 4.69) is 34.7 Å². The quantitative estimate of drug-likeness (QED) is 0.518. The van der Waals surface area contributed by atoms with Gasteiger partial charge in [0.05, 0.1) is 22.3 Å². The molecule has 0 spiro atoms. The number of nitrogens with zero attached hydrogens (tertiary/aromatic N) is 2. The molecule has 1 aliphatic heterocycles. The Morgan fingerprint density at radius 3 is 2.21 bits per heavy atom. The summed E-state index contributed by atoms with van der Waals surface area (Å²) in [6, 6.07) is 20.1. The number of thiophene rings is 1. The van der Waals surface area contributed by atoms with Crippen molar-refractivity contribution in [2.75, 3.05) is 5.01 Å². The Labute approximate surface area is 155 Å². The van der Waals surface area contributed by atoms with Crippen LogP contribution in [0.4, 0.5) is 5.69 Å². The summed E-state index contributed by atoms with van der Waals surface area (Å²) in [7, 11) is 0. The standard InChI is InChI=1S/C19H14Cl2N2S/c20-14-5-3-13(4-6-14)18-12-17(19-2-1-11-24-19)22-23(18)16-9-7-15(21)8-10-16/h1-11,18H,12H2. The third-order valence-electron chi connectivity index (χ3n) is 4.06. The molecule has 2 nitrogen and oxygen atoms in total. The number of rotatable bonds is 3. The van der Waals surface area contributed by atoms with Crippen LogP contribution in [0.15, 0.2) is 71.1 Å². The first-order chi connectivity index (χ1) is 11.7. The van der Waals surface area contributed by atoms with E-state index in [1.807, 2.05) is 36.4 Å². The van der Waals surface area contributed by atoms with Gasteiger partial charge in [0.1, 0.15) is 0 Å². The van der Waals surface area contributed by atoms with Crippen LogP contribution in [0.3, 0.4) is 0 Å². The molecule has 1 aliphatic rings. The second-order valence-electron chi connectivity index (χ2n) is 5.62. The first-order valence-electron chi connectivity index (χ1n) is 7.62. The van der Waals surface area contributed by atoms with Gasteiger partial charge in [-0.3, -0.25) is 5.01 Å². The van der Waals surface area contributed by atoms with Crippen molar-refractivity contribution in [1.29, 1.82) is 0 Å². The zero-order valence-electron chi connectivity index (χ0n) is 12.7. The van der Waals surface area contributed by atoms with Gasteiger partial charge in [-0.25, -0.2) is 0 Å². The topological polar surface area (TPSA) is 15.6 Å². The minimum atomic E-state index is 0.153. The van der Waals surface area contributed by atoms with Crippen molar-refractivity contribution in [3.63, 3.8) is 0 Å². The highest BCUT2D eigenvalue weighted by molar-refractivity contribution is 7.12. The molecule has 5 heteroatoms. The van der Waals surface area contributed by atoms with Crippen LogP contribution in [-0.2, 0) is 0 Å². The molecular formula is C19H14Cl2N2S. The summed E-state index contributed by atoms with van der Waals surface area (Å²) in [4.78, 5) is 1.21. The number of halogens is 2. The summed E-state index contributed by atoms with van der Waals surface area (Å²) in [5.41, 5.74) is 3.34. The van der Waals surface area contributed by atoms with Crippen LogP contribution in [0.1, 0.15) is 22.9 Å². The van der Waals surface area contributed by atoms with Crippen LogP contribution >= 0.6 is 34.5 Å². The first-order valence-corrected chi connectivity index (χ1v) is 9.26. The predicted molar refractivity (Wildman–Crippen MR) is 104 cm³/mol. The van der Waals surface area contributed by atoms with Crippen molar-refractivity contribution < 1.29 is 0 Å². The van der Waals surface area contributed by atoms with Gasteiger partial charge in [0.2, 0.25) is 0 Å². The number of hydrogen-bond acceptors (Lipinski definition) is 3. The Hall–Kier alpha value is -1.81. The molecule has 0 saturated heterocycles. The second-order valence-corrected chi connectivity index (χ2v) is 7.44. The van der Waals surface area contributed by atoms with Gasteiger partial charge in [-0.15, -0.1) is 11.3 Å². The van der Waals surface area contributed by atoms with Crippen LogP contribution in [0.5, 0.6) is 0 Å². The Morgan fingerprint density at radius 1 is 0.917 bits per heavy atom. The van der Waals surface area contributed by atoms with Crippen molar-refractivity contribution in [2.24, 2.45) is 5.10 Å². The average Bonchev–Trinajstić information content (AvgIpc) is 3.26. The molecule has 120 valence electrons. The largest absolute Gasteiger partial charge is 0.257 e. The molecule has 4 rings (SSSR count). The molecule has 2 heterocycles. The zero-order chi connectivity index (χ0) is 16.5. The molecule has 0 fully saturated rings. The maximum absolute atomic E-state index is 6.04. The van der Waals surface area contributed by atoms with Crippen LogP contribution in [-0.4, -0.2) is 5.71 Å². The minimum Gasteiger partial charge on any atom is -0.257 e. The monoisotopic (exact) mass is 372 g/mol. The number of hydrazone groups is 1. The number of hydrogen-bond donors (Lipinski definition) is 0. The number of anilines is 1. The molecule has 1 atom stereocenters. The summed E-state index contributed by atoms with van der Waals surface area (Å²) in [6.07, 6.45) is 0.866. The fourth-order valence-corrected chi connectivity index (χ4v) is 3.85. The lowest BCUT2D eigenvalue weighted by Gasteiger charge is -2.24. The van der Waals surface area contributed by atoms with E-state index >= 15 is 0 Å². The second kappa shape index (κ2) is 6.60. The van der Waals surface area contributed by atoms with Crippen LogP contribution in [0, 0.1) is 0 Å². The van der Waals surface area contributed by atoms with E-state index in [0.29, 0.717) is 0 Å². The molecular weight excluding hydrogens is 359 g/mol. The van der Waals surface area contributed by atoms with Gasteiger partial charge in [0.25, 0.3) is 0 Å². The van der Waals surface area contributed by atoms with E-state index in [9.17, 15) is 0 Å². The molecule has 3 aromatic rings. The highest BCUT2D eigenvalue weighted by atomic mass is 35.5. The molecule has 0 aliphatic carbocycles. The normalized spacial score (nSPS) is 17.2. The summed E-state index contributed by atoms with van der Waals surface area (Å²) in [6.45, 7) is 0. The highest BCUT2D eigenvalue weighted by Gasteiger charge is 2.30. The van der Waals surface area contributed by atoms with Gasteiger partial charge >= 0.3 is 0 Å². The summed E-state index contributed by atoms with van der Waals surface area (Å²) in [5, 5.41) is 10.5. The lowest BCUT2D eigenvalue weighted by atomic mass is 10.0. The van der Waals surface area contributed by atoms with E-state index in [4.69, 9.17) is 28.3 Å². The molecule has 1 aromatic heterocycles. The van der Waals surface area contributed by atoms with Gasteiger partial charge in [0, 0.05) is 16.5 Å². The highest BCUT2D eigenvalue weighted by Crippen LogP contribution is 2.37. The van der Waals surface area contributed by atoms with Crippen molar-refractivity contribution >= 4 is 45.9 Å². The van der Waals surface area contributed by atoms with Gasteiger partial charge < -0.3 is 0 Å². The lowest BCUT2D eigenvalue weighted by molar-refractivity contribution is 0.709. The predicted octanol–water partition coefficient (Wildman–Crippen LogP) is 6.41. The van der Waals surface area contributed by atoms with Gasteiger partial charge in [-0.1, -0.05) is 41.4 Å². The summed E-state index contributed by atoms with van der Waals surface area (Å²) < 4.78 is 0. The van der Waals surface area contributed by atoms with E-state index in [1.165, 1.54) is 10.4 Å². The average molecular weight is 373 g/mol. The Bertz CT molecular complexity index is 855. The van der Waals surface area contributed by atoms with Crippen molar-refractivity contribution in [2.45, 2.75) is 12.5 Å². The van der Waals surface area contributed by atoms with Gasteiger partial charge in [-0.05, 0) is 53.4 Å². The molecule has 0 amide bonds. The molecule has 0 bridgehead atoms. The smallest absolute Gasteiger partial charge is 0.0832 e. The molecule has 0 saturated carbocycles. The summed E-state index contributed by atoms with van der Waals surface area (Å²) >= 11 is 13.8. The third-order valence-corrected chi connectivity index (χ3v) is 5.48. The van der Waals surface area contributed by atoms with E-state index < -0.39 is 0 Å². The van der Waals surface area contributed by atoms with E-state index in [1.54, 1.807) is 11.3 Å². The van der Waals surface area contributed by atoms with Crippen molar-refractivity contribution in [3.8, 4) is 0 Å². The number of benzene rings is 2. The Kier molecular flexibility index (Phi) is 4.31. The van der Waals surface area contributed by atoms with Gasteiger partial charge in [0.15, 0.2) is 0 Å². The van der Waals surface area contributed by atoms with E-state index in [0.717, 1.165) is 27.9 Å². The molecule has 2 aromatic carbocycles. The maximum Gasteiger partial charge on any atom is 0.0832 e. The Balaban J connectivity index is 1.74. The first kappa shape index (κ1) is 15.7. The van der Waals surface area contributed by atoms with Crippen molar-refractivity contribution in [1.82, 2.24) is 0 Å². The third kappa shape index (κ3) is 3.07. The lowest BCUT2D eigenvalue weighted by Crippen LogP contribution is -2.18. The molecule has 1 unspecified atom stereocenters. The summed E-state index contributed by atoms with van der Waals surface area (Å²) in [5.74, 6) is 0. The van der Waals surface area contributed by atoms with Gasteiger partial charge in [-0.2, -0.15) is 5.10 Å². The van der Waals surface area contributed by atoms with Crippen LogP contribution < -0.4 is 5.01 Å². The van der Waals surface area contributed by atoms with Crippen LogP contribution in [0.25, 0.3) is 0 Å².